The molecule has 0 amide bonds. The SMILES string of the molecule is CCN(CCC#N)S(=O)(=O)c1cccc2cnccc12. The van der Waals surface area contributed by atoms with Gasteiger partial charge in [0.1, 0.15) is 0 Å². The highest BCUT2D eigenvalue weighted by molar-refractivity contribution is 7.89. The van der Waals surface area contributed by atoms with Crippen molar-refractivity contribution < 1.29 is 8.42 Å². The van der Waals surface area contributed by atoms with Crippen molar-refractivity contribution in [3.63, 3.8) is 0 Å². The van der Waals surface area contributed by atoms with E-state index in [1.54, 1.807) is 37.5 Å². The predicted octanol–water partition coefficient (Wildman–Crippen LogP) is 2.16. The molecule has 1 heterocycles. The number of benzene rings is 1. The van der Waals surface area contributed by atoms with Gasteiger partial charge in [-0.05, 0) is 12.1 Å². The molecule has 2 aromatic rings. The molecular weight excluding hydrogens is 274 g/mol. The third-order valence-corrected chi connectivity index (χ3v) is 5.12. The standard InChI is InChI=1S/C14H15N3O2S/c1-2-17(10-4-8-15)20(18,19)14-6-3-5-12-11-16-9-7-13(12)14/h3,5-7,9,11H,2,4,10H2,1H3. The van der Waals surface area contributed by atoms with Crippen molar-refractivity contribution in [3.8, 4) is 6.07 Å². The minimum Gasteiger partial charge on any atom is -0.264 e. The first-order valence-corrected chi connectivity index (χ1v) is 7.75. The van der Waals surface area contributed by atoms with Gasteiger partial charge in [0, 0.05) is 42.7 Å². The average molecular weight is 289 g/mol. The summed E-state index contributed by atoms with van der Waals surface area (Å²) in [5.74, 6) is 0. The Hall–Kier alpha value is -1.97. The minimum absolute atomic E-state index is 0.180. The molecule has 0 aliphatic heterocycles. The van der Waals surface area contributed by atoms with E-state index in [9.17, 15) is 8.42 Å². The van der Waals surface area contributed by atoms with Crippen molar-refractivity contribution in [2.75, 3.05) is 13.1 Å². The second-order valence-corrected chi connectivity index (χ2v) is 6.16. The molecular formula is C14H15N3O2S. The number of fused-ring (bicyclic) bond motifs is 1. The third-order valence-electron chi connectivity index (χ3n) is 3.08. The Kier molecular flexibility index (Phi) is 4.32. The molecule has 0 spiro atoms. The molecule has 0 bridgehead atoms. The maximum Gasteiger partial charge on any atom is 0.243 e. The summed E-state index contributed by atoms with van der Waals surface area (Å²) in [7, 11) is -3.60. The number of pyridine rings is 1. The van der Waals surface area contributed by atoms with E-state index in [0.717, 1.165) is 5.39 Å². The monoisotopic (exact) mass is 289 g/mol. The molecule has 0 N–H and O–H groups in total. The van der Waals surface area contributed by atoms with Crippen LogP contribution >= 0.6 is 0 Å². The van der Waals surface area contributed by atoms with E-state index in [1.165, 1.54) is 4.31 Å². The largest absolute Gasteiger partial charge is 0.264 e. The zero-order chi connectivity index (χ0) is 14.6. The van der Waals surface area contributed by atoms with Gasteiger partial charge in [0.25, 0.3) is 0 Å². The van der Waals surface area contributed by atoms with Gasteiger partial charge in [0.15, 0.2) is 0 Å². The molecule has 0 unspecified atom stereocenters. The van der Waals surface area contributed by atoms with Crippen molar-refractivity contribution in [1.82, 2.24) is 9.29 Å². The van der Waals surface area contributed by atoms with Gasteiger partial charge in [-0.25, -0.2) is 8.42 Å². The van der Waals surface area contributed by atoms with E-state index < -0.39 is 10.0 Å². The molecule has 6 heteroatoms. The Labute approximate surface area is 118 Å². The van der Waals surface area contributed by atoms with E-state index in [4.69, 9.17) is 5.26 Å². The maximum absolute atomic E-state index is 12.7. The van der Waals surface area contributed by atoms with Gasteiger partial charge in [-0.3, -0.25) is 4.98 Å². The Morgan fingerprint density at radius 1 is 1.35 bits per heavy atom. The first kappa shape index (κ1) is 14.4. The van der Waals surface area contributed by atoms with Crippen LogP contribution in [0.25, 0.3) is 10.8 Å². The first-order chi connectivity index (χ1) is 9.61. The normalized spacial score (nSPS) is 11.7. The average Bonchev–Trinajstić information content (AvgIpc) is 2.47. The van der Waals surface area contributed by atoms with Crippen LogP contribution in [0.15, 0.2) is 41.6 Å². The molecule has 0 radical (unpaired) electrons. The molecule has 1 aromatic carbocycles. The zero-order valence-electron chi connectivity index (χ0n) is 11.2. The number of nitriles is 1. The predicted molar refractivity (Wildman–Crippen MR) is 76.4 cm³/mol. The van der Waals surface area contributed by atoms with Crippen LogP contribution in [-0.4, -0.2) is 30.8 Å². The molecule has 104 valence electrons. The second kappa shape index (κ2) is 5.99. The van der Waals surface area contributed by atoms with Crippen LogP contribution in [0, 0.1) is 11.3 Å². The molecule has 0 saturated carbocycles. The topological polar surface area (TPSA) is 74.1 Å². The van der Waals surface area contributed by atoms with Gasteiger partial charge in [0.2, 0.25) is 10.0 Å². The highest BCUT2D eigenvalue weighted by Crippen LogP contribution is 2.25. The summed E-state index contributed by atoms with van der Waals surface area (Å²) >= 11 is 0. The number of sulfonamides is 1. The third kappa shape index (κ3) is 2.64. The van der Waals surface area contributed by atoms with Crippen molar-refractivity contribution in [1.29, 1.82) is 5.26 Å². The molecule has 0 aliphatic carbocycles. The van der Waals surface area contributed by atoms with Crippen LogP contribution in [-0.2, 0) is 10.0 Å². The fourth-order valence-corrected chi connectivity index (χ4v) is 3.74. The van der Waals surface area contributed by atoms with E-state index in [1.807, 2.05) is 12.1 Å². The van der Waals surface area contributed by atoms with Gasteiger partial charge < -0.3 is 0 Å². The fourth-order valence-electron chi connectivity index (χ4n) is 2.08. The minimum atomic E-state index is -3.60. The van der Waals surface area contributed by atoms with Crippen LogP contribution in [0.4, 0.5) is 0 Å². The molecule has 2 rings (SSSR count). The molecule has 0 aliphatic rings. The van der Waals surface area contributed by atoms with Gasteiger partial charge in [-0.1, -0.05) is 19.1 Å². The summed E-state index contributed by atoms with van der Waals surface area (Å²) in [6.07, 6.45) is 3.40. The lowest BCUT2D eigenvalue weighted by atomic mass is 10.2. The van der Waals surface area contributed by atoms with E-state index in [2.05, 4.69) is 4.98 Å². The molecule has 0 fully saturated rings. The molecule has 5 nitrogen and oxygen atoms in total. The molecule has 0 saturated heterocycles. The van der Waals surface area contributed by atoms with Gasteiger partial charge in [-0.2, -0.15) is 9.57 Å². The lowest BCUT2D eigenvalue weighted by Crippen LogP contribution is -2.31. The number of nitrogens with zero attached hydrogens (tertiary/aromatic N) is 3. The van der Waals surface area contributed by atoms with Crippen molar-refractivity contribution in [3.05, 3.63) is 36.7 Å². The summed E-state index contributed by atoms with van der Waals surface area (Å²) < 4.78 is 26.7. The Balaban J connectivity index is 2.54. The lowest BCUT2D eigenvalue weighted by molar-refractivity contribution is 0.435. The summed E-state index contributed by atoms with van der Waals surface area (Å²) in [6, 6.07) is 8.79. The van der Waals surface area contributed by atoms with Gasteiger partial charge in [-0.15, -0.1) is 0 Å². The van der Waals surface area contributed by atoms with Crippen LogP contribution < -0.4 is 0 Å². The highest BCUT2D eigenvalue weighted by atomic mass is 32.2. The van der Waals surface area contributed by atoms with Crippen LogP contribution in [0.5, 0.6) is 0 Å². The van der Waals surface area contributed by atoms with Crippen LogP contribution in [0.1, 0.15) is 13.3 Å². The number of hydrogen-bond donors (Lipinski definition) is 0. The van der Waals surface area contributed by atoms with Crippen molar-refractivity contribution in [2.24, 2.45) is 0 Å². The molecule has 0 atom stereocenters. The fraction of sp³-hybridized carbons (Fsp3) is 0.286. The Bertz CT molecular complexity index is 745. The van der Waals surface area contributed by atoms with Crippen molar-refractivity contribution in [2.45, 2.75) is 18.2 Å². The van der Waals surface area contributed by atoms with E-state index >= 15 is 0 Å². The number of hydrogen-bond acceptors (Lipinski definition) is 4. The van der Waals surface area contributed by atoms with Crippen LogP contribution in [0.3, 0.4) is 0 Å². The molecule has 1 aromatic heterocycles. The van der Waals surface area contributed by atoms with E-state index in [0.29, 0.717) is 11.9 Å². The number of aromatic nitrogens is 1. The first-order valence-electron chi connectivity index (χ1n) is 6.31. The molecule has 20 heavy (non-hydrogen) atoms. The summed E-state index contributed by atoms with van der Waals surface area (Å²) in [4.78, 5) is 4.26. The summed E-state index contributed by atoms with van der Waals surface area (Å²) in [5, 5.41) is 10.1. The highest BCUT2D eigenvalue weighted by Gasteiger charge is 2.24. The summed E-state index contributed by atoms with van der Waals surface area (Å²) in [5.41, 5.74) is 0. The van der Waals surface area contributed by atoms with Crippen molar-refractivity contribution >= 4 is 20.8 Å². The second-order valence-electron chi connectivity index (χ2n) is 4.26. The van der Waals surface area contributed by atoms with E-state index in [-0.39, 0.29) is 17.9 Å². The van der Waals surface area contributed by atoms with Gasteiger partial charge in [0.05, 0.1) is 11.0 Å². The van der Waals surface area contributed by atoms with Crippen LogP contribution in [0.2, 0.25) is 0 Å². The zero-order valence-corrected chi connectivity index (χ0v) is 12.0. The Morgan fingerprint density at radius 2 is 2.15 bits per heavy atom. The number of rotatable bonds is 5. The lowest BCUT2D eigenvalue weighted by Gasteiger charge is -2.20. The Morgan fingerprint density at radius 3 is 2.85 bits per heavy atom. The quantitative estimate of drug-likeness (QED) is 0.845. The smallest absolute Gasteiger partial charge is 0.243 e. The summed E-state index contributed by atoms with van der Waals surface area (Å²) in [6.45, 7) is 2.31. The van der Waals surface area contributed by atoms with Gasteiger partial charge >= 0.3 is 0 Å². The maximum atomic E-state index is 12.7.